The van der Waals surface area contributed by atoms with Crippen molar-refractivity contribution in [3.05, 3.63) is 30.1 Å². The van der Waals surface area contributed by atoms with Crippen LogP contribution in [0.3, 0.4) is 0 Å². The summed E-state index contributed by atoms with van der Waals surface area (Å²) in [6.45, 7) is 8.92. The van der Waals surface area contributed by atoms with Gasteiger partial charge in [0.2, 0.25) is 0 Å². The first-order valence-corrected chi connectivity index (χ1v) is 7.69. The molecule has 1 heterocycles. The minimum Gasteiger partial charge on any atom is -0.316 e. The highest BCUT2D eigenvalue weighted by Gasteiger charge is 2.34. The standard InChI is InChI=1S/C16H27N3/c1-3-10-17-12-14-8-9-16(14)19(4-2)13-15-7-5-6-11-18-15/h5-7,11,14,16-17H,3-4,8-10,12-13H2,1-2H3. The number of rotatable bonds is 8. The summed E-state index contributed by atoms with van der Waals surface area (Å²) in [5, 5.41) is 3.57. The fraction of sp³-hybridized carbons (Fsp3) is 0.688. The third-order valence-corrected chi connectivity index (χ3v) is 4.18. The summed E-state index contributed by atoms with van der Waals surface area (Å²) in [5.41, 5.74) is 1.19. The van der Waals surface area contributed by atoms with Gasteiger partial charge in [-0.25, -0.2) is 0 Å². The minimum atomic E-state index is 0.747. The van der Waals surface area contributed by atoms with Crippen molar-refractivity contribution in [2.45, 2.75) is 45.7 Å². The normalized spacial score (nSPS) is 22.5. The summed E-state index contributed by atoms with van der Waals surface area (Å²) in [5.74, 6) is 0.829. The molecular weight excluding hydrogens is 234 g/mol. The van der Waals surface area contributed by atoms with Crippen molar-refractivity contribution >= 4 is 0 Å². The zero-order valence-electron chi connectivity index (χ0n) is 12.3. The number of aromatic nitrogens is 1. The average Bonchev–Trinajstić information content (AvgIpc) is 2.42. The Bertz CT molecular complexity index is 352. The van der Waals surface area contributed by atoms with E-state index in [0.29, 0.717) is 0 Å². The predicted octanol–water partition coefficient (Wildman–Crippen LogP) is 2.68. The van der Waals surface area contributed by atoms with Crippen LogP contribution in [-0.4, -0.2) is 35.6 Å². The van der Waals surface area contributed by atoms with E-state index >= 15 is 0 Å². The Morgan fingerprint density at radius 2 is 2.21 bits per heavy atom. The Morgan fingerprint density at radius 1 is 1.32 bits per heavy atom. The maximum atomic E-state index is 4.45. The number of nitrogens with one attached hydrogen (secondary N) is 1. The molecule has 1 aromatic heterocycles. The van der Waals surface area contributed by atoms with Crippen molar-refractivity contribution in [3.8, 4) is 0 Å². The topological polar surface area (TPSA) is 28.2 Å². The van der Waals surface area contributed by atoms with E-state index in [9.17, 15) is 0 Å². The van der Waals surface area contributed by atoms with E-state index in [-0.39, 0.29) is 0 Å². The summed E-state index contributed by atoms with van der Waals surface area (Å²) in [7, 11) is 0. The lowest BCUT2D eigenvalue weighted by Gasteiger charge is -2.44. The van der Waals surface area contributed by atoms with E-state index in [1.165, 1.54) is 31.5 Å². The highest BCUT2D eigenvalue weighted by Crippen LogP contribution is 2.32. The molecular formula is C16H27N3. The monoisotopic (exact) mass is 261 g/mol. The molecule has 3 heteroatoms. The molecule has 2 unspecified atom stereocenters. The molecule has 0 aromatic carbocycles. The third-order valence-electron chi connectivity index (χ3n) is 4.18. The van der Waals surface area contributed by atoms with Gasteiger partial charge in [0.25, 0.3) is 0 Å². The largest absolute Gasteiger partial charge is 0.316 e. The average molecular weight is 261 g/mol. The molecule has 0 saturated heterocycles. The first-order valence-electron chi connectivity index (χ1n) is 7.69. The van der Waals surface area contributed by atoms with Gasteiger partial charge >= 0.3 is 0 Å². The molecule has 0 spiro atoms. The van der Waals surface area contributed by atoms with Crippen molar-refractivity contribution in [1.82, 2.24) is 15.2 Å². The molecule has 2 atom stereocenters. The molecule has 1 saturated carbocycles. The molecule has 0 radical (unpaired) electrons. The molecule has 1 aliphatic rings. The van der Waals surface area contributed by atoms with E-state index in [1.54, 1.807) is 0 Å². The van der Waals surface area contributed by atoms with Crippen molar-refractivity contribution in [2.24, 2.45) is 5.92 Å². The van der Waals surface area contributed by atoms with E-state index < -0.39 is 0 Å². The Balaban J connectivity index is 1.84. The van der Waals surface area contributed by atoms with Crippen molar-refractivity contribution in [1.29, 1.82) is 0 Å². The van der Waals surface area contributed by atoms with Gasteiger partial charge in [0.15, 0.2) is 0 Å². The highest BCUT2D eigenvalue weighted by atomic mass is 15.2. The van der Waals surface area contributed by atoms with Gasteiger partial charge in [0, 0.05) is 18.8 Å². The molecule has 106 valence electrons. The lowest BCUT2D eigenvalue weighted by Crippen LogP contribution is -2.50. The van der Waals surface area contributed by atoms with Gasteiger partial charge in [-0.1, -0.05) is 19.9 Å². The Hall–Kier alpha value is -0.930. The summed E-state index contributed by atoms with van der Waals surface area (Å²) in [6.07, 6.45) is 5.84. The lowest BCUT2D eigenvalue weighted by atomic mass is 9.78. The third kappa shape index (κ3) is 4.02. The predicted molar refractivity (Wildman–Crippen MR) is 80.0 cm³/mol. The number of hydrogen-bond donors (Lipinski definition) is 1. The lowest BCUT2D eigenvalue weighted by molar-refractivity contribution is 0.0590. The first-order chi connectivity index (χ1) is 9.35. The Labute approximate surface area is 117 Å². The molecule has 19 heavy (non-hydrogen) atoms. The zero-order chi connectivity index (χ0) is 13.5. The van der Waals surface area contributed by atoms with Crippen LogP contribution in [0.1, 0.15) is 38.8 Å². The van der Waals surface area contributed by atoms with Crippen molar-refractivity contribution in [2.75, 3.05) is 19.6 Å². The molecule has 3 nitrogen and oxygen atoms in total. The second-order valence-electron chi connectivity index (χ2n) is 5.49. The number of hydrogen-bond acceptors (Lipinski definition) is 3. The minimum absolute atomic E-state index is 0.747. The molecule has 0 bridgehead atoms. The summed E-state index contributed by atoms with van der Waals surface area (Å²) >= 11 is 0. The number of pyridine rings is 1. The van der Waals surface area contributed by atoms with Crippen LogP contribution in [0.15, 0.2) is 24.4 Å². The van der Waals surface area contributed by atoms with Crippen LogP contribution >= 0.6 is 0 Å². The summed E-state index contributed by atoms with van der Waals surface area (Å²) in [6, 6.07) is 6.94. The fourth-order valence-corrected chi connectivity index (χ4v) is 2.90. The van der Waals surface area contributed by atoms with Crippen LogP contribution in [0.5, 0.6) is 0 Å². The van der Waals surface area contributed by atoms with Crippen LogP contribution in [0.25, 0.3) is 0 Å². The molecule has 1 aliphatic carbocycles. The van der Waals surface area contributed by atoms with E-state index in [1.807, 2.05) is 12.3 Å². The van der Waals surface area contributed by atoms with E-state index in [2.05, 4.69) is 41.2 Å². The van der Waals surface area contributed by atoms with Crippen LogP contribution < -0.4 is 5.32 Å². The molecule has 1 fully saturated rings. The van der Waals surface area contributed by atoms with E-state index in [4.69, 9.17) is 0 Å². The number of nitrogens with zero attached hydrogens (tertiary/aromatic N) is 2. The maximum Gasteiger partial charge on any atom is 0.0544 e. The van der Waals surface area contributed by atoms with Gasteiger partial charge in [-0.05, 0) is 56.9 Å². The highest BCUT2D eigenvalue weighted by molar-refractivity contribution is 5.04. The SMILES string of the molecule is CCCNCC1CCC1N(CC)Cc1ccccn1. The first kappa shape index (κ1) is 14.5. The quantitative estimate of drug-likeness (QED) is 0.729. The van der Waals surface area contributed by atoms with Gasteiger partial charge in [-0.2, -0.15) is 0 Å². The van der Waals surface area contributed by atoms with Crippen LogP contribution in [0.4, 0.5) is 0 Å². The smallest absolute Gasteiger partial charge is 0.0544 e. The van der Waals surface area contributed by atoms with E-state index in [0.717, 1.165) is 31.6 Å². The van der Waals surface area contributed by atoms with Crippen LogP contribution in [-0.2, 0) is 6.54 Å². The zero-order valence-corrected chi connectivity index (χ0v) is 12.3. The van der Waals surface area contributed by atoms with Gasteiger partial charge in [0.05, 0.1) is 5.69 Å². The molecule has 1 N–H and O–H groups in total. The van der Waals surface area contributed by atoms with Crippen LogP contribution in [0.2, 0.25) is 0 Å². The molecule has 0 amide bonds. The summed E-state index contributed by atoms with van der Waals surface area (Å²) < 4.78 is 0. The molecule has 2 rings (SSSR count). The maximum absolute atomic E-state index is 4.45. The fourth-order valence-electron chi connectivity index (χ4n) is 2.90. The Morgan fingerprint density at radius 3 is 2.79 bits per heavy atom. The second-order valence-corrected chi connectivity index (χ2v) is 5.49. The molecule has 1 aromatic rings. The van der Waals surface area contributed by atoms with Gasteiger partial charge in [0.1, 0.15) is 0 Å². The second kappa shape index (κ2) is 7.61. The summed E-state index contributed by atoms with van der Waals surface area (Å²) in [4.78, 5) is 7.04. The van der Waals surface area contributed by atoms with Crippen LogP contribution in [0, 0.1) is 5.92 Å². The van der Waals surface area contributed by atoms with Crippen molar-refractivity contribution in [3.63, 3.8) is 0 Å². The molecule has 0 aliphatic heterocycles. The van der Waals surface area contributed by atoms with Gasteiger partial charge < -0.3 is 5.32 Å². The van der Waals surface area contributed by atoms with Gasteiger partial charge in [-0.3, -0.25) is 9.88 Å². The van der Waals surface area contributed by atoms with Crippen molar-refractivity contribution < 1.29 is 0 Å². The Kier molecular flexibility index (Phi) is 5.80. The van der Waals surface area contributed by atoms with Gasteiger partial charge in [-0.15, -0.1) is 0 Å².